The van der Waals surface area contributed by atoms with Gasteiger partial charge in [-0.2, -0.15) is 0 Å². The van der Waals surface area contributed by atoms with Gasteiger partial charge in [0, 0.05) is 17.3 Å². The van der Waals surface area contributed by atoms with Crippen LogP contribution in [-0.2, 0) is 0 Å². The lowest BCUT2D eigenvalue weighted by atomic mass is 10.1. The van der Waals surface area contributed by atoms with E-state index in [9.17, 15) is 4.79 Å². The van der Waals surface area contributed by atoms with Gasteiger partial charge in [-0.15, -0.1) is 0 Å². The first-order valence-electron chi connectivity index (χ1n) is 8.58. The molecule has 1 N–H and O–H groups in total. The second-order valence-electron chi connectivity index (χ2n) is 6.38. The quantitative estimate of drug-likeness (QED) is 0.853. The first-order chi connectivity index (χ1) is 12.6. The fraction of sp³-hybridized carbons (Fsp3) is 0.350. The summed E-state index contributed by atoms with van der Waals surface area (Å²) in [5.41, 5.74) is 1.12. The van der Waals surface area contributed by atoms with Crippen LogP contribution in [0.15, 0.2) is 36.4 Å². The van der Waals surface area contributed by atoms with E-state index >= 15 is 0 Å². The van der Waals surface area contributed by atoms with E-state index in [-0.39, 0.29) is 5.91 Å². The first-order valence-corrected chi connectivity index (χ1v) is 8.58. The molecule has 0 atom stereocenters. The topological polar surface area (TPSA) is 66.0 Å². The molecule has 0 fully saturated rings. The van der Waals surface area contributed by atoms with Crippen LogP contribution in [0, 0.1) is 5.92 Å². The van der Waals surface area contributed by atoms with Crippen LogP contribution in [0.25, 0.3) is 0 Å². The van der Waals surface area contributed by atoms with Crippen molar-refractivity contribution < 1.29 is 23.7 Å². The molecule has 0 saturated carbocycles. The number of ether oxygens (including phenoxy) is 4. The van der Waals surface area contributed by atoms with E-state index in [2.05, 4.69) is 19.2 Å². The SMILES string of the molecule is COc1cc(C(=O)Nc2ccc3c(c2)OCCO3)ccc1OCC(C)C. The summed E-state index contributed by atoms with van der Waals surface area (Å²) >= 11 is 0. The van der Waals surface area contributed by atoms with Gasteiger partial charge in [-0.25, -0.2) is 0 Å². The number of amides is 1. The summed E-state index contributed by atoms with van der Waals surface area (Å²) < 4.78 is 22.1. The lowest BCUT2D eigenvalue weighted by Gasteiger charge is -2.19. The van der Waals surface area contributed by atoms with Crippen LogP contribution in [0.3, 0.4) is 0 Å². The van der Waals surface area contributed by atoms with Gasteiger partial charge in [-0.05, 0) is 36.2 Å². The molecule has 2 aromatic rings. The van der Waals surface area contributed by atoms with Gasteiger partial charge in [0.05, 0.1) is 13.7 Å². The summed E-state index contributed by atoms with van der Waals surface area (Å²) in [7, 11) is 1.56. The minimum atomic E-state index is -0.240. The molecule has 0 radical (unpaired) electrons. The van der Waals surface area contributed by atoms with Crippen LogP contribution in [-0.4, -0.2) is 32.8 Å². The smallest absolute Gasteiger partial charge is 0.255 e. The van der Waals surface area contributed by atoms with Crippen molar-refractivity contribution in [1.82, 2.24) is 0 Å². The second-order valence-corrected chi connectivity index (χ2v) is 6.38. The van der Waals surface area contributed by atoms with Crippen molar-refractivity contribution >= 4 is 11.6 Å². The molecule has 2 aromatic carbocycles. The predicted molar refractivity (Wildman–Crippen MR) is 98.7 cm³/mol. The van der Waals surface area contributed by atoms with E-state index in [1.807, 2.05) is 0 Å². The molecule has 0 aromatic heterocycles. The van der Waals surface area contributed by atoms with E-state index in [0.29, 0.717) is 60.0 Å². The molecule has 6 nitrogen and oxygen atoms in total. The number of carbonyl (C=O) groups excluding carboxylic acids is 1. The van der Waals surface area contributed by atoms with Crippen molar-refractivity contribution in [3.8, 4) is 23.0 Å². The van der Waals surface area contributed by atoms with Crippen LogP contribution in [0.1, 0.15) is 24.2 Å². The number of benzene rings is 2. The molecule has 0 unspecified atom stereocenters. The maximum atomic E-state index is 12.5. The highest BCUT2D eigenvalue weighted by Gasteiger charge is 2.15. The zero-order valence-electron chi connectivity index (χ0n) is 15.2. The summed E-state index contributed by atoms with van der Waals surface area (Å²) in [6.45, 7) is 5.76. The minimum absolute atomic E-state index is 0.240. The maximum absolute atomic E-state index is 12.5. The summed E-state index contributed by atoms with van der Waals surface area (Å²) in [6, 6.07) is 10.5. The van der Waals surface area contributed by atoms with Crippen LogP contribution < -0.4 is 24.3 Å². The van der Waals surface area contributed by atoms with Crippen LogP contribution >= 0.6 is 0 Å². The third-order valence-electron chi connectivity index (χ3n) is 3.80. The van der Waals surface area contributed by atoms with Gasteiger partial charge >= 0.3 is 0 Å². The Balaban J connectivity index is 1.73. The van der Waals surface area contributed by atoms with Gasteiger partial charge < -0.3 is 24.3 Å². The number of hydrogen-bond donors (Lipinski definition) is 1. The van der Waals surface area contributed by atoms with E-state index in [1.54, 1.807) is 43.5 Å². The Morgan fingerprint density at radius 2 is 1.85 bits per heavy atom. The molecule has 0 saturated heterocycles. The van der Waals surface area contributed by atoms with E-state index in [1.165, 1.54) is 0 Å². The van der Waals surface area contributed by atoms with Gasteiger partial charge in [0.2, 0.25) is 0 Å². The van der Waals surface area contributed by atoms with Crippen LogP contribution in [0.5, 0.6) is 23.0 Å². The van der Waals surface area contributed by atoms with Crippen LogP contribution in [0.2, 0.25) is 0 Å². The number of carbonyl (C=O) groups is 1. The van der Waals surface area contributed by atoms with Gasteiger partial charge in [0.1, 0.15) is 13.2 Å². The van der Waals surface area contributed by atoms with Crippen LogP contribution in [0.4, 0.5) is 5.69 Å². The Morgan fingerprint density at radius 3 is 2.58 bits per heavy atom. The Kier molecular flexibility index (Phi) is 5.51. The fourth-order valence-corrected chi connectivity index (χ4v) is 2.51. The number of rotatable bonds is 6. The zero-order chi connectivity index (χ0) is 18.5. The number of fused-ring (bicyclic) bond motifs is 1. The molecule has 138 valence electrons. The van der Waals surface area contributed by atoms with Gasteiger partial charge in [0.15, 0.2) is 23.0 Å². The summed E-state index contributed by atoms with van der Waals surface area (Å²) in [5.74, 6) is 2.62. The third kappa shape index (κ3) is 4.20. The Labute approximate surface area is 153 Å². The molecular formula is C20H23NO5. The number of anilines is 1. The highest BCUT2D eigenvalue weighted by molar-refractivity contribution is 6.04. The summed E-state index contributed by atoms with van der Waals surface area (Å²) in [5, 5.41) is 2.86. The number of methoxy groups -OCH3 is 1. The second kappa shape index (κ2) is 7.99. The lowest BCUT2D eigenvalue weighted by Crippen LogP contribution is -2.16. The zero-order valence-corrected chi connectivity index (χ0v) is 15.2. The molecule has 6 heteroatoms. The molecule has 0 bridgehead atoms. The normalized spacial score (nSPS) is 12.6. The Morgan fingerprint density at radius 1 is 1.08 bits per heavy atom. The standard InChI is InChI=1S/C20H23NO5/c1-13(2)12-26-16-6-4-14(10-18(16)23-3)20(22)21-15-5-7-17-19(11-15)25-9-8-24-17/h4-7,10-11,13H,8-9,12H2,1-3H3,(H,21,22). The van der Waals surface area contributed by atoms with Crippen molar-refractivity contribution in [2.75, 3.05) is 32.2 Å². The third-order valence-corrected chi connectivity index (χ3v) is 3.80. The highest BCUT2D eigenvalue weighted by Crippen LogP contribution is 2.33. The molecule has 3 rings (SSSR count). The highest BCUT2D eigenvalue weighted by atomic mass is 16.6. The molecular weight excluding hydrogens is 334 g/mol. The molecule has 1 aliphatic heterocycles. The summed E-state index contributed by atoms with van der Waals surface area (Å²) in [6.07, 6.45) is 0. The van der Waals surface area contributed by atoms with Crippen molar-refractivity contribution in [2.24, 2.45) is 5.92 Å². The largest absolute Gasteiger partial charge is 0.493 e. The minimum Gasteiger partial charge on any atom is -0.493 e. The lowest BCUT2D eigenvalue weighted by molar-refractivity contribution is 0.102. The van der Waals surface area contributed by atoms with Gasteiger partial charge in [0.25, 0.3) is 5.91 Å². The fourth-order valence-electron chi connectivity index (χ4n) is 2.51. The molecule has 1 heterocycles. The molecule has 0 aliphatic carbocycles. The monoisotopic (exact) mass is 357 g/mol. The number of hydrogen-bond acceptors (Lipinski definition) is 5. The van der Waals surface area contributed by atoms with Gasteiger partial charge in [-0.3, -0.25) is 4.79 Å². The van der Waals surface area contributed by atoms with Gasteiger partial charge in [-0.1, -0.05) is 13.8 Å². The Hall–Kier alpha value is -2.89. The van der Waals surface area contributed by atoms with Crippen molar-refractivity contribution in [3.63, 3.8) is 0 Å². The molecule has 0 spiro atoms. The van der Waals surface area contributed by atoms with Crippen molar-refractivity contribution in [2.45, 2.75) is 13.8 Å². The maximum Gasteiger partial charge on any atom is 0.255 e. The van der Waals surface area contributed by atoms with Crippen molar-refractivity contribution in [3.05, 3.63) is 42.0 Å². The average Bonchev–Trinajstić information content (AvgIpc) is 2.66. The van der Waals surface area contributed by atoms with E-state index in [0.717, 1.165) is 0 Å². The number of nitrogens with one attached hydrogen (secondary N) is 1. The summed E-state index contributed by atoms with van der Waals surface area (Å²) in [4.78, 5) is 12.5. The molecule has 1 aliphatic rings. The van der Waals surface area contributed by atoms with E-state index in [4.69, 9.17) is 18.9 Å². The van der Waals surface area contributed by atoms with E-state index < -0.39 is 0 Å². The first kappa shape index (κ1) is 17.9. The van der Waals surface area contributed by atoms with Crippen molar-refractivity contribution in [1.29, 1.82) is 0 Å². The Bertz CT molecular complexity index is 788. The molecule has 1 amide bonds. The average molecular weight is 357 g/mol. The molecule has 26 heavy (non-hydrogen) atoms. The predicted octanol–water partition coefficient (Wildman–Crippen LogP) is 3.75.